The number of anilines is 2. The highest BCUT2D eigenvalue weighted by Gasteiger charge is 2.28. The Labute approximate surface area is 122 Å². The van der Waals surface area contributed by atoms with E-state index >= 15 is 0 Å². The highest BCUT2D eigenvalue weighted by Crippen LogP contribution is 2.33. The Morgan fingerprint density at radius 1 is 1.45 bits per heavy atom. The maximum Gasteiger partial charge on any atom is 0.319 e. The fourth-order valence-corrected chi connectivity index (χ4v) is 3.69. The number of thioether (sulfide) groups is 1. The molecule has 0 amide bonds. The second-order valence-corrected chi connectivity index (χ2v) is 6.50. The van der Waals surface area contributed by atoms with Crippen molar-refractivity contribution in [3.63, 3.8) is 0 Å². The normalized spacial score (nSPS) is 18.1. The molecule has 3 rings (SSSR count). The molecule has 1 N–H and O–H groups in total. The summed E-state index contributed by atoms with van der Waals surface area (Å²) in [4.78, 5) is 11.4. The summed E-state index contributed by atoms with van der Waals surface area (Å²) in [6.45, 7) is 0.462. The van der Waals surface area contributed by atoms with Gasteiger partial charge in [0, 0.05) is 12.1 Å². The zero-order chi connectivity index (χ0) is 13.9. The van der Waals surface area contributed by atoms with Gasteiger partial charge in [0.25, 0.3) is 0 Å². The second-order valence-electron chi connectivity index (χ2n) is 4.07. The Morgan fingerprint density at radius 2 is 2.35 bits per heavy atom. The molecule has 0 radical (unpaired) electrons. The van der Waals surface area contributed by atoms with Crippen molar-refractivity contribution >= 4 is 39.9 Å². The van der Waals surface area contributed by atoms with Gasteiger partial charge in [0.05, 0.1) is 6.61 Å². The van der Waals surface area contributed by atoms with Gasteiger partial charge in [-0.3, -0.25) is 4.79 Å². The number of rotatable bonds is 4. The Balaban J connectivity index is 1.66. The molecule has 104 valence electrons. The van der Waals surface area contributed by atoms with E-state index in [0.29, 0.717) is 28.2 Å². The summed E-state index contributed by atoms with van der Waals surface area (Å²) in [5.74, 6) is -0.521. The quantitative estimate of drug-likeness (QED) is 0.876. The average Bonchev–Trinajstić information content (AvgIpc) is 3.01. The van der Waals surface area contributed by atoms with Gasteiger partial charge in [-0.15, -0.1) is 10.2 Å². The standard InChI is InChI=1S/C12H10FN3O2S2/c13-7-2-1-3-8(6-7)14-11-15-16-12(20-11)19-9-4-5-18-10(9)17/h1-3,6,9H,4-5H2,(H,14,15)/t9-/m0/s1. The van der Waals surface area contributed by atoms with Gasteiger partial charge in [-0.1, -0.05) is 29.2 Å². The third-order valence-corrected chi connectivity index (χ3v) is 4.78. The van der Waals surface area contributed by atoms with Crippen LogP contribution in [0.3, 0.4) is 0 Å². The van der Waals surface area contributed by atoms with Crippen LogP contribution in [0.1, 0.15) is 6.42 Å². The first kappa shape index (κ1) is 13.3. The van der Waals surface area contributed by atoms with E-state index in [-0.39, 0.29) is 17.0 Å². The second kappa shape index (κ2) is 5.76. The summed E-state index contributed by atoms with van der Waals surface area (Å²) in [5, 5.41) is 11.3. The van der Waals surface area contributed by atoms with Crippen LogP contribution >= 0.6 is 23.1 Å². The number of hydrogen-bond donors (Lipinski definition) is 1. The minimum absolute atomic E-state index is 0.204. The molecule has 0 bridgehead atoms. The summed E-state index contributed by atoms with van der Waals surface area (Å²) in [5.41, 5.74) is 0.609. The van der Waals surface area contributed by atoms with Crippen LogP contribution in [0.4, 0.5) is 15.2 Å². The number of nitrogens with one attached hydrogen (secondary N) is 1. The molecule has 0 saturated carbocycles. The van der Waals surface area contributed by atoms with Crippen LogP contribution in [0, 0.1) is 5.82 Å². The monoisotopic (exact) mass is 311 g/mol. The first-order valence-electron chi connectivity index (χ1n) is 5.90. The molecule has 1 aliphatic rings. The molecule has 1 aliphatic heterocycles. The van der Waals surface area contributed by atoms with E-state index in [1.165, 1.54) is 35.2 Å². The van der Waals surface area contributed by atoms with E-state index in [4.69, 9.17) is 4.74 Å². The smallest absolute Gasteiger partial charge is 0.319 e. The van der Waals surface area contributed by atoms with Crippen LogP contribution < -0.4 is 5.32 Å². The molecule has 0 spiro atoms. The lowest BCUT2D eigenvalue weighted by Gasteiger charge is -2.01. The Kier molecular flexibility index (Phi) is 3.83. The molecule has 1 fully saturated rings. The lowest BCUT2D eigenvalue weighted by atomic mass is 10.3. The lowest BCUT2D eigenvalue weighted by Crippen LogP contribution is -2.08. The summed E-state index contributed by atoms with van der Waals surface area (Å²) in [6.07, 6.45) is 0.690. The molecular weight excluding hydrogens is 301 g/mol. The lowest BCUT2D eigenvalue weighted by molar-refractivity contribution is -0.137. The van der Waals surface area contributed by atoms with Crippen LogP contribution in [0.25, 0.3) is 0 Å². The van der Waals surface area contributed by atoms with Crippen LogP contribution in [-0.2, 0) is 9.53 Å². The van der Waals surface area contributed by atoms with Gasteiger partial charge in [-0.25, -0.2) is 4.39 Å². The first-order valence-corrected chi connectivity index (χ1v) is 7.60. The molecule has 1 saturated heterocycles. The van der Waals surface area contributed by atoms with E-state index in [0.717, 1.165) is 0 Å². The summed E-state index contributed by atoms with van der Waals surface area (Å²) >= 11 is 2.67. The van der Waals surface area contributed by atoms with Crippen molar-refractivity contribution in [3.05, 3.63) is 30.1 Å². The van der Waals surface area contributed by atoms with Gasteiger partial charge in [-0.2, -0.15) is 0 Å². The van der Waals surface area contributed by atoms with Crippen molar-refractivity contribution in [2.24, 2.45) is 0 Å². The summed E-state index contributed by atoms with van der Waals surface area (Å²) in [6, 6.07) is 6.11. The van der Waals surface area contributed by atoms with Gasteiger partial charge in [0.1, 0.15) is 11.1 Å². The van der Waals surface area contributed by atoms with Crippen LogP contribution in [0.15, 0.2) is 28.6 Å². The number of carbonyl (C=O) groups is 1. The number of aromatic nitrogens is 2. The molecule has 1 atom stereocenters. The van der Waals surface area contributed by atoms with Crippen LogP contribution in [0.2, 0.25) is 0 Å². The Hall–Kier alpha value is -1.67. The zero-order valence-corrected chi connectivity index (χ0v) is 11.8. The predicted octanol–water partition coefficient (Wildman–Crippen LogP) is 2.83. The fraction of sp³-hybridized carbons (Fsp3) is 0.250. The molecule has 2 aromatic rings. The Morgan fingerprint density at radius 3 is 3.10 bits per heavy atom. The van der Waals surface area contributed by atoms with Crippen LogP contribution in [-0.4, -0.2) is 28.0 Å². The molecule has 5 nitrogen and oxygen atoms in total. The fourth-order valence-electron chi connectivity index (χ4n) is 1.70. The molecule has 20 heavy (non-hydrogen) atoms. The van der Waals surface area contributed by atoms with E-state index in [1.807, 2.05) is 0 Å². The largest absolute Gasteiger partial charge is 0.465 e. The molecule has 0 unspecified atom stereocenters. The van der Waals surface area contributed by atoms with Crippen molar-refractivity contribution in [1.82, 2.24) is 10.2 Å². The number of carbonyl (C=O) groups excluding carboxylic acids is 1. The van der Waals surface area contributed by atoms with E-state index in [1.54, 1.807) is 12.1 Å². The topological polar surface area (TPSA) is 64.1 Å². The Bertz CT molecular complexity index is 635. The average molecular weight is 311 g/mol. The van der Waals surface area contributed by atoms with Gasteiger partial charge >= 0.3 is 5.97 Å². The number of benzene rings is 1. The van der Waals surface area contributed by atoms with E-state index in [2.05, 4.69) is 15.5 Å². The third kappa shape index (κ3) is 3.07. The van der Waals surface area contributed by atoms with Gasteiger partial charge in [0.15, 0.2) is 4.34 Å². The molecule has 1 aromatic heterocycles. The maximum absolute atomic E-state index is 13.1. The number of nitrogens with zero attached hydrogens (tertiary/aromatic N) is 2. The minimum Gasteiger partial charge on any atom is -0.465 e. The SMILES string of the molecule is O=C1OCC[C@@H]1Sc1nnc(Nc2cccc(F)c2)s1. The van der Waals surface area contributed by atoms with Crippen molar-refractivity contribution in [2.75, 3.05) is 11.9 Å². The predicted molar refractivity (Wildman–Crippen MR) is 74.8 cm³/mol. The van der Waals surface area contributed by atoms with Gasteiger partial charge in [-0.05, 0) is 18.2 Å². The number of halogens is 1. The molecular formula is C12H10FN3O2S2. The van der Waals surface area contributed by atoms with Crippen molar-refractivity contribution in [3.8, 4) is 0 Å². The minimum atomic E-state index is -0.317. The molecule has 8 heteroatoms. The summed E-state index contributed by atoms with van der Waals surface area (Å²) < 4.78 is 18.6. The van der Waals surface area contributed by atoms with Crippen molar-refractivity contribution in [1.29, 1.82) is 0 Å². The van der Waals surface area contributed by atoms with Crippen molar-refractivity contribution < 1.29 is 13.9 Å². The van der Waals surface area contributed by atoms with Gasteiger partial charge < -0.3 is 10.1 Å². The first-order chi connectivity index (χ1) is 9.70. The number of hydrogen-bond acceptors (Lipinski definition) is 7. The molecule has 1 aromatic carbocycles. The number of esters is 1. The number of cyclic esters (lactones) is 1. The number of ether oxygens (including phenoxy) is 1. The third-order valence-electron chi connectivity index (χ3n) is 2.61. The van der Waals surface area contributed by atoms with E-state index < -0.39 is 0 Å². The molecule has 2 heterocycles. The van der Waals surface area contributed by atoms with E-state index in [9.17, 15) is 9.18 Å². The highest BCUT2D eigenvalue weighted by atomic mass is 32.2. The zero-order valence-electron chi connectivity index (χ0n) is 10.2. The van der Waals surface area contributed by atoms with Gasteiger partial charge in [0.2, 0.25) is 5.13 Å². The van der Waals surface area contributed by atoms with Crippen LogP contribution in [0.5, 0.6) is 0 Å². The van der Waals surface area contributed by atoms with Crippen molar-refractivity contribution in [2.45, 2.75) is 16.0 Å². The maximum atomic E-state index is 13.1. The highest BCUT2D eigenvalue weighted by molar-refractivity contribution is 8.02. The molecule has 0 aliphatic carbocycles. The summed E-state index contributed by atoms with van der Waals surface area (Å²) in [7, 11) is 0.